The maximum Gasteiger partial charge on any atom is 0.145 e. The van der Waals surface area contributed by atoms with E-state index < -0.39 is 0 Å². The lowest BCUT2D eigenvalue weighted by atomic mass is 9.80. The van der Waals surface area contributed by atoms with E-state index in [1.54, 1.807) is 12.1 Å². The summed E-state index contributed by atoms with van der Waals surface area (Å²) in [5, 5.41) is 3.45. The minimum atomic E-state index is -0.389. The molecule has 0 bridgehead atoms. The highest BCUT2D eigenvalue weighted by atomic mass is 79.9. The first-order valence-electron chi connectivity index (χ1n) is 11.8. The van der Waals surface area contributed by atoms with E-state index >= 15 is 0 Å². The van der Waals surface area contributed by atoms with Crippen molar-refractivity contribution < 1.29 is 9.18 Å². The number of benzene rings is 3. The number of hydrogen-bond donors (Lipinski definition) is 1. The van der Waals surface area contributed by atoms with Gasteiger partial charge in [0.1, 0.15) is 22.9 Å². The van der Waals surface area contributed by atoms with Gasteiger partial charge < -0.3 is 9.88 Å². The number of hydrogen-bond acceptors (Lipinski definition) is 3. The number of carbonyl (C=O) groups excluding carboxylic acids is 1. The monoisotopic (exact) mass is 517 g/mol. The lowest BCUT2D eigenvalue weighted by Crippen LogP contribution is -2.39. The number of ketones is 1. The van der Waals surface area contributed by atoms with Gasteiger partial charge in [0.05, 0.1) is 10.9 Å². The van der Waals surface area contributed by atoms with Crippen molar-refractivity contribution in [3.8, 4) is 22.5 Å². The van der Waals surface area contributed by atoms with E-state index in [1.807, 2.05) is 24.3 Å². The Morgan fingerprint density at radius 2 is 1.71 bits per heavy atom. The van der Waals surface area contributed by atoms with Crippen molar-refractivity contribution >= 4 is 32.7 Å². The average Bonchev–Trinajstić information content (AvgIpc) is 3.49. The molecule has 1 aliphatic carbocycles. The van der Waals surface area contributed by atoms with Crippen molar-refractivity contribution in [3.63, 3.8) is 0 Å². The molecule has 1 aliphatic heterocycles. The molecular formula is C28H25BrFN3O. The van der Waals surface area contributed by atoms with Crippen LogP contribution in [-0.2, 0) is 11.3 Å². The number of para-hydroxylation sites is 1. The van der Waals surface area contributed by atoms with Gasteiger partial charge in [0, 0.05) is 29.0 Å². The predicted molar refractivity (Wildman–Crippen MR) is 136 cm³/mol. The zero-order chi connectivity index (χ0) is 23.3. The Hall–Kier alpha value is -2.83. The number of aromatic nitrogens is 2. The van der Waals surface area contributed by atoms with E-state index in [0.717, 1.165) is 70.4 Å². The molecule has 2 fully saturated rings. The van der Waals surface area contributed by atoms with Crippen molar-refractivity contribution in [3.05, 3.63) is 77.0 Å². The van der Waals surface area contributed by atoms with Crippen molar-refractivity contribution in [2.24, 2.45) is 11.3 Å². The fourth-order valence-electron chi connectivity index (χ4n) is 5.20. The Bertz CT molecular complexity index is 1370. The molecule has 4 aromatic rings. The fraction of sp³-hybridized carbons (Fsp3) is 0.286. The molecule has 4 nitrogen and oxygen atoms in total. The SMILES string of the molecule is O=C(C1CC1)[C@@]1(Cn2c(-c3ccc(-c4ccc(F)cc4)cc3)nc3c(Br)cccc32)CCNC1. The van der Waals surface area contributed by atoms with E-state index in [2.05, 4.69) is 44.0 Å². The van der Waals surface area contributed by atoms with Crippen LogP contribution in [0.4, 0.5) is 4.39 Å². The molecule has 1 atom stereocenters. The summed E-state index contributed by atoms with van der Waals surface area (Å²) in [7, 11) is 0. The topological polar surface area (TPSA) is 46.9 Å². The Balaban J connectivity index is 1.44. The molecule has 2 aliphatic rings. The third-order valence-electron chi connectivity index (χ3n) is 7.23. The predicted octanol–water partition coefficient (Wildman–Crippen LogP) is 6.23. The van der Waals surface area contributed by atoms with Gasteiger partial charge in [-0.15, -0.1) is 0 Å². The second kappa shape index (κ2) is 8.43. The van der Waals surface area contributed by atoms with Gasteiger partial charge in [0.15, 0.2) is 0 Å². The first kappa shape index (κ1) is 21.7. The number of carbonyl (C=O) groups is 1. The molecule has 2 heterocycles. The Morgan fingerprint density at radius 3 is 2.35 bits per heavy atom. The quantitative estimate of drug-likeness (QED) is 0.329. The molecular weight excluding hydrogens is 493 g/mol. The highest BCUT2D eigenvalue weighted by molar-refractivity contribution is 9.10. The summed E-state index contributed by atoms with van der Waals surface area (Å²) in [4.78, 5) is 18.4. The van der Waals surface area contributed by atoms with E-state index in [9.17, 15) is 9.18 Å². The van der Waals surface area contributed by atoms with Crippen LogP contribution in [0, 0.1) is 17.2 Å². The molecule has 1 N–H and O–H groups in total. The van der Waals surface area contributed by atoms with Crippen molar-refractivity contribution in [2.45, 2.75) is 25.8 Å². The molecule has 34 heavy (non-hydrogen) atoms. The first-order valence-corrected chi connectivity index (χ1v) is 12.6. The second-order valence-corrected chi connectivity index (χ2v) is 10.4. The van der Waals surface area contributed by atoms with Crippen LogP contribution in [0.5, 0.6) is 0 Å². The van der Waals surface area contributed by atoms with Gasteiger partial charge in [-0.2, -0.15) is 0 Å². The van der Waals surface area contributed by atoms with Crippen LogP contribution < -0.4 is 5.32 Å². The van der Waals surface area contributed by atoms with Gasteiger partial charge in [0.25, 0.3) is 0 Å². The Morgan fingerprint density at radius 1 is 1.03 bits per heavy atom. The largest absolute Gasteiger partial charge is 0.323 e. The van der Waals surface area contributed by atoms with Crippen LogP contribution >= 0.6 is 15.9 Å². The highest BCUT2D eigenvalue weighted by Crippen LogP contribution is 2.43. The second-order valence-electron chi connectivity index (χ2n) is 9.56. The summed E-state index contributed by atoms with van der Waals surface area (Å²) in [6.07, 6.45) is 2.90. The van der Waals surface area contributed by atoms with Crippen LogP contribution in [0.3, 0.4) is 0 Å². The lowest BCUT2D eigenvalue weighted by Gasteiger charge is -2.28. The molecule has 172 valence electrons. The normalized spacial score (nSPS) is 20.2. The molecule has 0 unspecified atom stereocenters. The van der Waals surface area contributed by atoms with Crippen LogP contribution in [0.15, 0.2) is 71.2 Å². The van der Waals surface area contributed by atoms with Gasteiger partial charge in [-0.1, -0.05) is 42.5 Å². The van der Waals surface area contributed by atoms with Crippen molar-refractivity contribution in [1.82, 2.24) is 14.9 Å². The number of rotatable bonds is 6. The summed E-state index contributed by atoms with van der Waals surface area (Å²) in [6.45, 7) is 2.22. The maximum absolute atomic E-state index is 13.4. The number of nitrogens with one attached hydrogen (secondary N) is 1. The van der Waals surface area contributed by atoms with Crippen molar-refractivity contribution in [2.75, 3.05) is 13.1 Å². The first-order chi connectivity index (χ1) is 16.5. The van der Waals surface area contributed by atoms with Gasteiger partial charge in [-0.05, 0) is 77.1 Å². The van der Waals surface area contributed by atoms with Crippen LogP contribution in [0.25, 0.3) is 33.5 Å². The summed E-state index contributed by atoms with van der Waals surface area (Å²) < 4.78 is 16.5. The molecule has 6 rings (SSSR count). The third kappa shape index (κ3) is 3.79. The minimum Gasteiger partial charge on any atom is -0.323 e. The molecule has 3 aromatic carbocycles. The summed E-state index contributed by atoms with van der Waals surface area (Å²) >= 11 is 3.67. The summed E-state index contributed by atoms with van der Waals surface area (Å²) in [5.74, 6) is 1.25. The van der Waals surface area contributed by atoms with E-state index in [1.165, 1.54) is 12.1 Å². The molecule has 1 saturated carbocycles. The number of halogens is 2. The Kier molecular flexibility index (Phi) is 5.38. The van der Waals surface area contributed by atoms with Gasteiger partial charge in [0.2, 0.25) is 0 Å². The van der Waals surface area contributed by atoms with Crippen molar-refractivity contribution in [1.29, 1.82) is 0 Å². The summed E-state index contributed by atoms with van der Waals surface area (Å²) in [6, 6.07) is 20.9. The smallest absolute Gasteiger partial charge is 0.145 e. The van der Waals surface area contributed by atoms with Crippen LogP contribution in [-0.4, -0.2) is 28.4 Å². The van der Waals surface area contributed by atoms with Gasteiger partial charge in [-0.25, -0.2) is 9.37 Å². The fourth-order valence-corrected chi connectivity index (χ4v) is 5.64. The third-order valence-corrected chi connectivity index (χ3v) is 7.87. The van der Waals surface area contributed by atoms with Gasteiger partial charge in [-0.3, -0.25) is 4.79 Å². The minimum absolute atomic E-state index is 0.222. The van der Waals surface area contributed by atoms with Crippen LogP contribution in [0.1, 0.15) is 19.3 Å². The van der Waals surface area contributed by atoms with E-state index in [4.69, 9.17) is 4.98 Å². The molecule has 6 heteroatoms. The summed E-state index contributed by atoms with van der Waals surface area (Å²) in [5.41, 5.74) is 4.53. The molecule has 0 radical (unpaired) electrons. The zero-order valence-electron chi connectivity index (χ0n) is 18.7. The number of imidazole rings is 1. The molecule has 1 aromatic heterocycles. The van der Waals surface area contributed by atoms with Crippen LogP contribution in [0.2, 0.25) is 0 Å². The number of Topliss-reactive ketones (excluding diaryl/α,β-unsaturated/α-hetero) is 1. The zero-order valence-corrected chi connectivity index (χ0v) is 20.3. The average molecular weight is 518 g/mol. The van der Waals surface area contributed by atoms with E-state index in [0.29, 0.717) is 12.3 Å². The molecule has 1 saturated heterocycles. The number of nitrogens with zero attached hydrogens (tertiary/aromatic N) is 2. The highest BCUT2D eigenvalue weighted by Gasteiger charge is 2.48. The standard InChI is InChI=1S/C28H25BrFN3O/c29-23-2-1-3-24-25(23)32-27(21-8-4-18(5-9-21)19-10-12-22(30)13-11-19)33(24)17-28(14-15-31-16-28)26(34)20-6-7-20/h1-5,8-13,20,31H,6-7,14-17H2/t28-/m0/s1. The molecule has 0 amide bonds. The maximum atomic E-state index is 13.4. The number of fused-ring (bicyclic) bond motifs is 1. The van der Waals surface area contributed by atoms with E-state index in [-0.39, 0.29) is 17.2 Å². The van der Waals surface area contributed by atoms with Gasteiger partial charge >= 0.3 is 0 Å². The molecule has 0 spiro atoms. The Labute approximate surface area is 206 Å². The lowest BCUT2D eigenvalue weighted by molar-refractivity contribution is -0.129.